The van der Waals surface area contributed by atoms with Crippen LogP contribution in [0.1, 0.15) is 20.1 Å². The van der Waals surface area contributed by atoms with E-state index < -0.39 is 11.8 Å². The molecule has 0 aliphatic carbocycles. The highest BCUT2D eigenvalue weighted by atomic mass is 32.1. The summed E-state index contributed by atoms with van der Waals surface area (Å²) in [5.41, 5.74) is 0.468. The van der Waals surface area contributed by atoms with Crippen molar-refractivity contribution in [2.45, 2.75) is 0 Å². The lowest BCUT2D eigenvalue weighted by molar-refractivity contribution is 0.0702. The van der Waals surface area contributed by atoms with Gasteiger partial charge < -0.3 is 5.11 Å². The molecule has 1 aromatic heterocycles. The van der Waals surface area contributed by atoms with Gasteiger partial charge in [-0.15, -0.1) is 11.3 Å². The Morgan fingerprint density at radius 2 is 2.31 bits per heavy atom. The number of rotatable bonds is 3. The molecule has 0 saturated carbocycles. The van der Waals surface area contributed by atoms with Crippen molar-refractivity contribution in [1.29, 1.82) is 0 Å². The molecule has 0 spiro atoms. The summed E-state index contributed by atoms with van der Waals surface area (Å²) in [5.74, 6) is -1.70. The lowest BCUT2D eigenvalue weighted by Gasteiger charge is -1.90. The van der Waals surface area contributed by atoms with Crippen LogP contribution in [0.4, 0.5) is 4.39 Å². The summed E-state index contributed by atoms with van der Waals surface area (Å²) in [6.45, 7) is 6.56. The molecule has 0 aromatic carbocycles. The smallest absolute Gasteiger partial charge is 0.345 e. The Hall–Kier alpha value is -1.42. The second-order valence-electron chi connectivity index (χ2n) is 2.31. The van der Waals surface area contributed by atoms with Crippen molar-refractivity contribution in [2.24, 2.45) is 0 Å². The summed E-state index contributed by atoms with van der Waals surface area (Å²) in [4.78, 5) is 10.8. The van der Waals surface area contributed by atoms with Crippen molar-refractivity contribution >= 4 is 29.2 Å². The molecule has 0 atom stereocenters. The van der Waals surface area contributed by atoms with Crippen LogP contribution in [0.25, 0.3) is 11.9 Å². The summed E-state index contributed by atoms with van der Waals surface area (Å²) in [5, 5.41) is 8.62. The quantitative estimate of drug-likeness (QED) is 0.810. The van der Waals surface area contributed by atoms with Gasteiger partial charge in [0.25, 0.3) is 0 Å². The number of thiophene rings is 1. The third kappa shape index (κ3) is 1.84. The minimum atomic E-state index is -1.07. The van der Waals surface area contributed by atoms with Crippen LogP contribution in [0, 0.1) is 0 Å². The van der Waals surface area contributed by atoms with E-state index in [1.807, 2.05) is 0 Å². The van der Waals surface area contributed by atoms with Gasteiger partial charge in [-0.1, -0.05) is 19.2 Å². The predicted octanol–water partition coefficient (Wildman–Crippen LogP) is 3.03. The predicted molar refractivity (Wildman–Crippen MR) is 51.5 cm³/mol. The maximum Gasteiger partial charge on any atom is 0.345 e. The number of aromatic carboxylic acids is 1. The summed E-state index contributed by atoms with van der Waals surface area (Å²) in [6, 6.07) is 1.38. The van der Waals surface area contributed by atoms with Crippen molar-refractivity contribution < 1.29 is 14.3 Å². The molecule has 1 N–H and O–H groups in total. The highest BCUT2D eigenvalue weighted by Crippen LogP contribution is 2.29. The molecule has 0 amide bonds. The van der Waals surface area contributed by atoms with Crippen molar-refractivity contribution in [2.75, 3.05) is 0 Å². The minimum Gasteiger partial charge on any atom is -0.477 e. The molecule has 13 heavy (non-hydrogen) atoms. The number of carbonyl (C=O) groups is 1. The van der Waals surface area contributed by atoms with E-state index in [0.29, 0.717) is 5.56 Å². The van der Waals surface area contributed by atoms with Crippen molar-refractivity contribution in [1.82, 2.24) is 0 Å². The number of hydrogen-bond acceptors (Lipinski definition) is 2. The van der Waals surface area contributed by atoms with Gasteiger partial charge in [0, 0.05) is 0 Å². The molecule has 2 nitrogen and oxygen atoms in total. The Bertz CT molecular complexity index is 379. The zero-order valence-corrected chi connectivity index (χ0v) is 7.53. The van der Waals surface area contributed by atoms with Crippen LogP contribution in [-0.4, -0.2) is 11.1 Å². The Kier molecular flexibility index (Phi) is 2.63. The van der Waals surface area contributed by atoms with Crippen LogP contribution in [-0.2, 0) is 0 Å². The molecule has 0 saturated heterocycles. The zero-order chi connectivity index (χ0) is 10.0. The second kappa shape index (κ2) is 3.53. The molecular formula is C9H7FO2S. The lowest BCUT2D eigenvalue weighted by atomic mass is 10.2. The van der Waals surface area contributed by atoms with Gasteiger partial charge in [0.1, 0.15) is 10.7 Å². The monoisotopic (exact) mass is 198 g/mol. The number of carboxylic acid groups (broad SMARTS) is 1. The molecule has 1 aromatic rings. The van der Waals surface area contributed by atoms with Gasteiger partial charge in [0.05, 0.1) is 4.88 Å². The highest BCUT2D eigenvalue weighted by Gasteiger charge is 2.13. The molecule has 68 valence electrons. The van der Waals surface area contributed by atoms with Gasteiger partial charge in [-0.25, -0.2) is 9.18 Å². The molecule has 0 bridgehead atoms. The molecule has 0 unspecified atom stereocenters. The van der Waals surface area contributed by atoms with E-state index in [-0.39, 0.29) is 9.75 Å². The molecule has 1 heterocycles. The van der Waals surface area contributed by atoms with Crippen LogP contribution in [0.15, 0.2) is 19.2 Å². The van der Waals surface area contributed by atoms with Crippen LogP contribution in [0.2, 0.25) is 0 Å². The first-order valence-electron chi connectivity index (χ1n) is 3.40. The Labute approximate surface area is 78.6 Å². The standard InChI is InChI=1S/C9H7FO2S/c1-3-6-4-7(9(11)12)13-8(6)5(2)10/h3-4H,1-2H2,(H,11,12). The lowest BCUT2D eigenvalue weighted by Crippen LogP contribution is -1.89. The van der Waals surface area contributed by atoms with Gasteiger partial charge in [-0.3, -0.25) is 0 Å². The molecule has 0 aliphatic rings. The zero-order valence-electron chi connectivity index (χ0n) is 6.71. The first kappa shape index (κ1) is 9.67. The second-order valence-corrected chi connectivity index (χ2v) is 3.36. The van der Waals surface area contributed by atoms with E-state index in [2.05, 4.69) is 13.2 Å². The van der Waals surface area contributed by atoms with E-state index >= 15 is 0 Å². The average molecular weight is 198 g/mol. The van der Waals surface area contributed by atoms with E-state index in [4.69, 9.17) is 5.11 Å². The first-order chi connectivity index (χ1) is 6.06. The summed E-state index contributed by atoms with van der Waals surface area (Å²) in [7, 11) is 0. The SMILES string of the molecule is C=Cc1cc(C(=O)O)sc1C(=C)F. The third-order valence-corrected chi connectivity index (χ3v) is 2.61. The molecule has 0 fully saturated rings. The van der Waals surface area contributed by atoms with Crippen LogP contribution < -0.4 is 0 Å². The fourth-order valence-corrected chi connectivity index (χ4v) is 1.74. The van der Waals surface area contributed by atoms with E-state index in [9.17, 15) is 9.18 Å². The molecular weight excluding hydrogens is 191 g/mol. The fraction of sp³-hybridized carbons (Fsp3) is 0. The van der Waals surface area contributed by atoms with Gasteiger partial charge >= 0.3 is 5.97 Å². The van der Waals surface area contributed by atoms with Gasteiger partial charge in [0.15, 0.2) is 0 Å². The summed E-state index contributed by atoms with van der Waals surface area (Å²) < 4.78 is 12.7. The van der Waals surface area contributed by atoms with Crippen molar-refractivity contribution in [3.05, 3.63) is 34.5 Å². The van der Waals surface area contributed by atoms with Crippen molar-refractivity contribution in [3.8, 4) is 0 Å². The molecule has 0 aliphatic heterocycles. The number of carboxylic acids is 1. The number of halogens is 1. The first-order valence-corrected chi connectivity index (χ1v) is 4.22. The van der Waals surface area contributed by atoms with E-state index in [0.717, 1.165) is 11.3 Å². The minimum absolute atomic E-state index is 0.0868. The van der Waals surface area contributed by atoms with Gasteiger partial charge in [-0.2, -0.15) is 0 Å². The van der Waals surface area contributed by atoms with Crippen LogP contribution in [0.3, 0.4) is 0 Å². The average Bonchev–Trinajstić information content (AvgIpc) is 2.47. The van der Waals surface area contributed by atoms with Gasteiger partial charge in [-0.05, 0) is 11.6 Å². The summed E-state index contributed by atoms with van der Waals surface area (Å²) in [6.07, 6.45) is 1.41. The van der Waals surface area contributed by atoms with Gasteiger partial charge in [0.2, 0.25) is 0 Å². The van der Waals surface area contributed by atoms with E-state index in [1.54, 1.807) is 0 Å². The Morgan fingerprint density at radius 1 is 1.69 bits per heavy atom. The maximum atomic E-state index is 12.7. The Balaban J connectivity index is 3.27. The molecule has 4 heteroatoms. The fourth-order valence-electron chi connectivity index (χ4n) is 0.874. The molecule has 0 radical (unpaired) electrons. The highest BCUT2D eigenvalue weighted by molar-refractivity contribution is 7.15. The summed E-state index contributed by atoms with van der Waals surface area (Å²) >= 11 is 0.855. The Morgan fingerprint density at radius 3 is 2.62 bits per heavy atom. The van der Waals surface area contributed by atoms with Crippen LogP contribution in [0.5, 0.6) is 0 Å². The maximum absolute atomic E-state index is 12.7. The normalized spacial score (nSPS) is 9.62. The number of hydrogen-bond donors (Lipinski definition) is 1. The van der Waals surface area contributed by atoms with E-state index in [1.165, 1.54) is 12.1 Å². The third-order valence-electron chi connectivity index (χ3n) is 1.44. The molecule has 1 rings (SSSR count). The van der Waals surface area contributed by atoms with Crippen molar-refractivity contribution in [3.63, 3.8) is 0 Å². The van der Waals surface area contributed by atoms with Crippen LogP contribution >= 0.6 is 11.3 Å². The topological polar surface area (TPSA) is 37.3 Å². The largest absolute Gasteiger partial charge is 0.477 e.